The fraction of sp³-hybridized carbons (Fsp3) is 0.500. The molecule has 0 bridgehead atoms. The number of H-pyrrole nitrogens is 1. The lowest BCUT2D eigenvalue weighted by molar-refractivity contribution is 0.0727. The predicted molar refractivity (Wildman–Crippen MR) is 116 cm³/mol. The summed E-state index contributed by atoms with van der Waals surface area (Å²) in [5.74, 6) is 1.20. The lowest BCUT2D eigenvalue weighted by atomic mass is 9.88. The lowest BCUT2D eigenvalue weighted by Gasteiger charge is -2.29. The van der Waals surface area contributed by atoms with E-state index >= 15 is 0 Å². The van der Waals surface area contributed by atoms with Crippen molar-refractivity contribution in [1.29, 1.82) is 0 Å². The highest BCUT2D eigenvalue weighted by molar-refractivity contribution is 5.85. The number of hydrogen-bond donors (Lipinski definition) is 2. The molecule has 30 heavy (non-hydrogen) atoms. The maximum atomic E-state index is 5.78. The zero-order valence-corrected chi connectivity index (χ0v) is 17.2. The van der Waals surface area contributed by atoms with Gasteiger partial charge < -0.3 is 19.8 Å². The molecule has 2 saturated heterocycles. The van der Waals surface area contributed by atoms with Crippen LogP contribution in [0.1, 0.15) is 60.4 Å². The largest absolute Gasteiger partial charge is 0.381 e. The van der Waals surface area contributed by atoms with E-state index in [-0.39, 0.29) is 6.04 Å². The molecule has 1 saturated carbocycles. The van der Waals surface area contributed by atoms with E-state index in [0.717, 1.165) is 61.8 Å². The van der Waals surface area contributed by atoms with E-state index < -0.39 is 0 Å². The summed E-state index contributed by atoms with van der Waals surface area (Å²) in [5, 5.41) is 4.85. The highest BCUT2D eigenvalue weighted by atomic mass is 16.5. The Hall–Kier alpha value is -2.28. The average molecular weight is 405 g/mol. The third-order valence-corrected chi connectivity index (χ3v) is 6.75. The minimum absolute atomic E-state index is 0.141. The Labute approximate surface area is 176 Å². The first-order chi connectivity index (χ1) is 14.9. The standard InChI is InChI=1S/C24H28N4O2/c1-2-15(1)20-13-27-24-19(20)11-17(12-26-24)21-4-3-18(16-5-8-29-9-6-16)23(28-21)22-14-30-10-7-25-22/h3-4,11-13,15-16,22,25H,1-2,5-10,14H2,(H,26,27). The zero-order chi connectivity index (χ0) is 19.9. The molecule has 3 aliphatic rings. The van der Waals surface area contributed by atoms with Crippen LogP contribution in [-0.2, 0) is 9.47 Å². The van der Waals surface area contributed by atoms with Crippen molar-refractivity contribution in [3.05, 3.63) is 47.4 Å². The van der Waals surface area contributed by atoms with Crippen molar-refractivity contribution in [2.45, 2.75) is 43.6 Å². The number of hydrogen-bond acceptors (Lipinski definition) is 5. The summed E-state index contributed by atoms with van der Waals surface area (Å²) < 4.78 is 11.4. The molecule has 3 fully saturated rings. The molecule has 5 heterocycles. The van der Waals surface area contributed by atoms with Gasteiger partial charge in [0.2, 0.25) is 0 Å². The lowest BCUT2D eigenvalue weighted by Crippen LogP contribution is -2.36. The summed E-state index contributed by atoms with van der Waals surface area (Å²) in [6, 6.07) is 6.86. The van der Waals surface area contributed by atoms with Gasteiger partial charge in [0.25, 0.3) is 0 Å². The molecule has 0 amide bonds. The number of aromatic nitrogens is 3. The van der Waals surface area contributed by atoms with Gasteiger partial charge in [-0.25, -0.2) is 4.98 Å². The summed E-state index contributed by atoms with van der Waals surface area (Å²) in [4.78, 5) is 13.2. The van der Waals surface area contributed by atoms with Crippen molar-refractivity contribution in [3.8, 4) is 11.3 Å². The maximum absolute atomic E-state index is 5.78. The Bertz CT molecular complexity index is 1050. The van der Waals surface area contributed by atoms with Gasteiger partial charge in [-0.1, -0.05) is 6.07 Å². The molecule has 156 valence electrons. The molecule has 0 aromatic carbocycles. The third kappa shape index (κ3) is 3.43. The van der Waals surface area contributed by atoms with Crippen LogP contribution in [0.2, 0.25) is 0 Å². The van der Waals surface area contributed by atoms with Crippen molar-refractivity contribution in [2.24, 2.45) is 0 Å². The van der Waals surface area contributed by atoms with Crippen LogP contribution in [0.15, 0.2) is 30.6 Å². The molecule has 0 spiro atoms. The minimum Gasteiger partial charge on any atom is -0.381 e. The molecule has 1 aliphatic carbocycles. The van der Waals surface area contributed by atoms with Crippen LogP contribution in [0, 0.1) is 0 Å². The van der Waals surface area contributed by atoms with Crippen LogP contribution >= 0.6 is 0 Å². The topological polar surface area (TPSA) is 72.1 Å². The normalized spacial score (nSPS) is 23.1. The number of aromatic amines is 1. The van der Waals surface area contributed by atoms with Crippen LogP contribution in [0.4, 0.5) is 0 Å². The van der Waals surface area contributed by atoms with E-state index in [2.05, 4.69) is 34.7 Å². The number of rotatable bonds is 4. The van der Waals surface area contributed by atoms with Gasteiger partial charge in [-0.15, -0.1) is 0 Å². The molecule has 6 nitrogen and oxygen atoms in total. The third-order valence-electron chi connectivity index (χ3n) is 6.75. The number of pyridine rings is 2. The highest BCUT2D eigenvalue weighted by Crippen LogP contribution is 2.43. The molecule has 3 aromatic rings. The van der Waals surface area contributed by atoms with E-state index in [1.54, 1.807) is 0 Å². The van der Waals surface area contributed by atoms with Crippen LogP contribution in [-0.4, -0.2) is 47.9 Å². The Balaban J connectivity index is 1.41. The van der Waals surface area contributed by atoms with Crippen LogP contribution in [0.5, 0.6) is 0 Å². The fourth-order valence-electron chi connectivity index (χ4n) is 4.92. The zero-order valence-electron chi connectivity index (χ0n) is 17.2. The van der Waals surface area contributed by atoms with Gasteiger partial charge in [-0.05, 0) is 60.8 Å². The molecule has 2 aliphatic heterocycles. The fourth-order valence-corrected chi connectivity index (χ4v) is 4.92. The van der Waals surface area contributed by atoms with Gasteiger partial charge >= 0.3 is 0 Å². The van der Waals surface area contributed by atoms with E-state index in [1.807, 2.05) is 6.20 Å². The molecule has 0 radical (unpaired) electrons. The Morgan fingerprint density at radius 2 is 1.80 bits per heavy atom. The Kier molecular flexibility index (Phi) is 4.78. The van der Waals surface area contributed by atoms with Crippen molar-refractivity contribution in [1.82, 2.24) is 20.3 Å². The molecular weight excluding hydrogens is 376 g/mol. The van der Waals surface area contributed by atoms with Crippen molar-refractivity contribution >= 4 is 11.0 Å². The van der Waals surface area contributed by atoms with Crippen LogP contribution in [0.3, 0.4) is 0 Å². The summed E-state index contributed by atoms with van der Waals surface area (Å²) in [5.41, 5.74) is 6.93. The van der Waals surface area contributed by atoms with E-state index in [1.165, 1.54) is 29.4 Å². The minimum atomic E-state index is 0.141. The van der Waals surface area contributed by atoms with E-state index in [9.17, 15) is 0 Å². The molecule has 6 rings (SSSR count). The first-order valence-electron chi connectivity index (χ1n) is 11.2. The van der Waals surface area contributed by atoms with Gasteiger partial charge in [0.05, 0.1) is 30.6 Å². The number of fused-ring (bicyclic) bond motifs is 1. The number of nitrogens with one attached hydrogen (secondary N) is 2. The number of ether oxygens (including phenoxy) is 2. The van der Waals surface area contributed by atoms with Crippen molar-refractivity contribution in [3.63, 3.8) is 0 Å². The number of nitrogens with zero attached hydrogens (tertiary/aromatic N) is 2. The summed E-state index contributed by atoms with van der Waals surface area (Å²) in [6.07, 6.45) is 8.77. The second kappa shape index (κ2) is 7.76. The van der Waals surface area contributed by atoms with Gasteiger partial charge in [0.15, 0.2) is 0 Å². The molecule has 1 unspecified atom stereocenters. The summed E-state index contributed by atoms with van der Waals surface area (Å²) >= 11 is 0. The van der Waals surface area contributed by atoms with E-state index in [4.69, 9.17) is 19.4 Å². The maximum Gasteiger partial charge on any atom is 0.137 e. The van der Waals surface area contributed by atoms with Gasteiger partial charge in [0.1, 0.15) is 5.65 Å². The van der Waals surface area contributed by atoms with Crippen molar-refractivity contribution < 1.29 is 9.47 Å². The van der Waals surface area contributed by atoms with Crippen LogP contribution < -0.4 is 5.32 Å². The Morgan fingerprint density at radius 3 is 2.60 bits per heavy atom. The van der Waals surface area contributed by atoms with E-state index in [0.29, 0.717) is 18.4 Å². The number of morpholine rings is 1. The second-order valence-electron chi connectivity index (χ2n) is 8.78. The summed E-state index contributed by atoms with van der Waals surface area (Å²) in [6.45, 7) is 3.97. The first-order valence-corrected chi connectivity index (χ1v) is 11.2. The quantitative estimate of drug-likeness (QED) is 0.686. The average Bonchev–Trinajstić information content (AvgIpc) is 3.58. The predicted octanol–water partition coefficient (Wildman–Crippen LogP) is 4.06. The van der Waals surface area contributed by atoms with Gasteiger partial charge in [-0.2, -0.15) is 0 Å². The highest BCUT2D eigenvalue weighted by Gasteiger charge is 2.28. The Morgan fingerprint density at radius 1 is 0.933 bits per heavy atom. The first kappa shape index (κ1) is 18.5. The SMILES string of the molecule is c1nc2[nH]cc(C3CC3)c2cc1-c1ccc(C2CCOCC2)c(C2COCCN2)n1. The van der Waals surface area contributed by atoms with Crippen LogP contribution in [0.25, 0.3) is 22.3 Å². The molecule has 3 aromatic heterocycles. The summed E-state index contributed by atoms with van der Waals surface area (Å²) in [7, 11) is 0. The van der Waals surface area contributed by atoms with Gasteiger partial charge in [0, 0.05) is 43.1 Å². The van der Waals surface area contributed by atoms with Gasteiger partial charge in [-0.3, -0.25) is 4.98 Å². The molecule has 6 heteroatoms. The second-order valence-corrected chi connectivity index (χ2v) is 8.78. The monoisotopic (exact) mass is 404 g/mol. The molecule has 1 atom stereocenters. The van der Waals surface area contributed by atoms with Crippen molar-refractivity contribution in [2.75, 3.05) is 33.0 Å². The molecule has 2 N–H and O–H groups in total. The molecular formula is C24H28N4O2. The smallest absolute Gasteiger partial charge is 0.137 e.